The monoisotopic (exact) mass is 252 g/mol. The summed E-state index contributed by atoms with van der Waals surface area (Å²) in [4.78, 5) is 1.35. The molecule has 0 radical (unpaired) electrons. The maximum absolute atomic E-state index is 3.45. The molecule has 0 aliphatic heterocycles. The fourth-order valence-electron chi connectivity index (χ4n) is 1.58. The zero-order valence-corrected chi connectivity index (χ0v) is 11.9. The van der Waals surface area contributed by atoms with Crippen LogP contribution in [-0.2, 0) is 0 Å². The molecule has 17 heavy (non-hydrogen) atoms. The molecule has 0 spiro atoms. The van der Waals surface area contributed by atoms with Crippen molar-refractivity contribution in [3.05, 3.63) is 24.3 Å². The molecule has 1 aromatic carbocycles. The summed E-state index contributed by atoms with van der Waals surface area (Å²) in [5, 5.41) is 7.26. The molecule has 0 aromatic heterocycles. The van der Waals surface area contributed by atoms with Crippen molar-refractivity contribution in [1.82, 2.24) is 5.32 Å². The zero-order chi connectivity index (χ0) is 12.5. The van der Waals surface area contributed by atoms with Crippen molar-refractivity contribution < 1.29 is 0 Å². The number of rotatable bonds is 8. The molecule has 96 valence electrons. The van der Waals surface area contributed by atoms with Crippen LogP contribution < -0.4 is 10.6 Å². The first-order valence-electron chi connectivity index (χ1n) is 6.37. The van der Waals surface area contributed by atoms with Crippen LogP contribution in [-0.4, -0.2) is 25.4 Å². The highest BCUT2D eigenvalue weighted by atomic mass is 32.2. The lowest BCUT2D eigenvalue weighted by Crippen LogP contribution is -2.10. The molecule has 1 rings (SSSR count). The van der Waals surface area contributed by atoms with Gasteiger partial charge in [-0.05, 0) is 50.7 Å². The number of unbranched alkanes of at least 4 members (excludes halogenated alkanes) is 1. The number of benzene rings is 1. The Bertz CT molecular complexity index is 296. The van der Waals surface area contributed by atoms with Gasteiger partial charge in [-0.2, -0.15) is 0 Å². The number of hydrogen-bond acceptors (Lipinski definition) is 3. The predicted octanol–water partition coefficient (Wildman–Crippen LogP) is 3.60. The Morgan fingerprint density at radius 1 is 1.06 bits per heavy atom. The minimum atomic E-state index is 0.648. The second-order valence-corrected chi connectivity index (χ2v) is 6.08. The Kier molecular flexibility index (Phi) is 7.13. The van der Waals surface area contributed by atoms with Gasteiger partial charge in [-0.15, -0.1) is 11.8 Å². The first kappa shape index (κ1) is 14.4. The van der Waals surface area contributed by atoms with Crippen molar-refractivity contribution in [3.63, 3.8) is 0 Å². The molecule has 2 nitrogen and oxygen atoms in total. The van der Waals surface area contributed by atoms with Gasteiger partial charge in [-0.1, -0.05) is 13.8 Å². The van der Waals surface area contributed by atoms with Crippen molar-refractivity contribution in [2.45, 2.75) is 36.8 Å². The highest BCUT2D eigenvalue weighted by molar-refractivity contribution is 7.99. The maximum Gasteiger partial charge on any atom is 0.0340 e. The van der Waals surface area contributed by atoms with Crippen molar-refractivity contribution in [2.75, 3.05) is 25.5 Å². The number of nitrogens with one attached hydrogen (secondary N) is 2. The molecular weight excluding hydrogens is 228 g/mol. The lowest BCUT2D eigenvalue weighted by molar-refractivity contribution is 0.694. The van der Waals surface area contributed by atoms with E-state index >= 15 is 0 Å². The van der Waals surface area contributed by atoms with Gasteiger partial charge in [-0.3, -0.25) is 0 Å². The normalized spacial score (nSPS) is 10.8. The quantitative estimate of drug-likeness (QED) is 0.546. The summed E-state index contributed by atoms with van der Waals surface area (Å²) in [6.45, 7) is 6.60. The average molecular weight is 252 g/mol. The summed E-state index contributed by atoms with van der Waals surface area (Å²) in [6, 6.07) is 8.73. The Balaban J connectivity index is 2.25. The third kappa shape index (κ3) is 6.59. The van der Waals surface area contributed by atoms with E-state index in [2.05, 4.69) is 48.7 Å². The highest BCUT2D eigenvalue weighted by Gasteiger charge is 1.98. The van der Waals surface area contributed by atoms with Crippen molar-refractivity contribution >= 4 is 17.4 Å². The number of hydrogen-bond donors (Lipinski definition) is 2. The molecule has 0 heterocycles. The van der Waals surface area contributed by atoms with Gasteiger partial charge >= 0.3 is 0 Å². The molecule has 0 unspecified atom stereocenters. The molecule has 0 fully saturated rings. The van der Waals surface area contributed by atoms with Crippen LogP contribution in [0.1, 0.15) is 26.7 Å². The minimum absolute atomic E-state index is 0.648. The zero-order valence-electron chi connectivity index (χ0n) is 11.1. The smallest absolute Gasteiger partial charge is 0.0340 e. The number of thioether (sulfide) groups is 1. The van der Waals surface area contributed by atoms with Crippen molar-refractivity contribution in [1.29, 1.82) is 0 Å². The molecule has 0 saturated heterocycles. The van der Waals surface area contributed by atoms with Crippen LogP contribution in [0, 0.1) is 0 Å². The van der Waals surface area contributed by atoms with E-state index in [0.717, 1.165) is 13.1 Å². The summed E-state index contributed by atoms with van der Waals surface area (Å²) in [5.41, 5.74) is 1.22. The third-order valence-electron chi connectivity index (χ3n) is 2.41. The summed E-state index contributed by atoms with van der Waals surface area (Å²) >= 11 is 1.91. The highest BCUT2D eigenvalue weighted by Crippen LogP contribution is 2.24. The van der Waals surface area contributed by atoms with Crippen LogP contribution in [0.3, 0.4) is 0 Å². The molecule has 1 aromatic rings. The molecule has 3 heteroatoms. The molecule has 0 bridgehead atoms. The summed E-state index contributed by atoms with van der Waals surface area (Å²) in [5.74, 6) is 0. The molecule has 0 aliphatic carbocycles. The predicted molar refractivity (Wildman–Crippen MR) is 79.1 cm³/mol. The van der Waals surface area contributed by atoms with E-state index in [1.54, 1.807) is 0 Å². The van der Waals surface area contributed by atoms with Gasteiger partial charge in [0.05, 0.1) is 0 Å². The summed E-state index contributed by atoms with van der Waals surface area (Å²) in [7, 11) is 2.00. The molecule has 2 N–H and O–H groups in total. The average Bonchev–Trinajstić information content (AvgIpc) is 2.30. The van der Waals surface area contributed by atoms with Crippen LogP contribution in [0.4, 0.5) is 5.69 Å². The second kappa shape index (κ2) is 8.43. The fourth-order valence-corrected chi connectivity index (χ4v) is 2.42. The van der Waals surface area contributed by atoms with E-state index in [4.69, 9.17) is 0 Å². The Morgan fingerprint density at radius 2 is 1.71 bits per heavy atom. The Morgan fingerprint density at radius 3 is 2.29 bits per heavy atom. The first-order chi connectivity index (χ1) is 8.22. The lowest BCUT2D eigenvalue weighted by atomic mass is 10.3. The van der Waals surface area contributed by atoms with Crippen LogP contribution in [0.5, 0.6) is 0 Å². The van der Waals surface area contributed by atoms with Gasteiger partial charge in [-0.25, -0.2) is 0 Å². The lowest BCUT2D eigenvalue weighted by Gasteiger charge is -2.08. The fraction of sp³-hybridized carbons (Fsp3) is 0.571. The van der Waals surface area contributed by atoms with E-state index in [-0.39, 0.29) is 0 Å². The minimum Gasteiger partial charge on any atom is -0.385 e. The molecular formula is C14H24N2S. The van der Waals surface area contributed by atoms with Gasteiger partial charge < -0.3 is 10.6 Å². The van der Waals surface area contributed by atoms with Gasteiger partial charge in [0.15, 0.2) is 0 Å². The van der Waals surface area contributed by atoms with Crippen LogP contribution >= 0.6 is 11.8 Å². The topological polar surface area (TPSA) is 24.1 Å². The number of anilines is 1. The van der Waals surface area contributed by atoms with E-state index in [1.165, 1.54) is 23.4 Å². The van der Waals surface area contributed by atoms with Gasteiger partial charge in [0.1, 0.15) is 0 Å². The van der Waals surface area contributed by atoms with Crippen molar-refractivity contribution in [3.8, 4) is 0 Å². The van der Waals surface area contributed by atoms with E-state index < -0.39 is 0 Å². The molecule has 0 amide bonds. The van der Waals surface area contributed by atoms with E-state index in [9.17, 15) is 0 Å². The second-order valence-electron chi connectivity index (χ2n) is 4.43. The Labute approximate surface area is 110 Å². The summed E-state index contributed by atoms with van der Waals surface area (Å²) in [6.07, 6.45) is 2.44. The Hall–Kier alpha value is -0.670. The van der Waals surface area contributed by atoms with Crippen molar-refractivity contribution in [2.24, 2.45) is 0 Å². The van der Waals surface area contributed by atoms with Gasteiger partial charge in [0.25, 0.3) is 0 Å². The first-order valence-corrected chi connectivity index (χ1v) is 7.25. The van der Waals surface area contributed by atoms with Gasteiger partial charge in [0.2, 0.25) is 0 Å². The van der Waals surface area contributed by atoms with Crippen LogP contribution in [0.2, 0.25) is 0 Å². The third-order valence-corrected chi connectivity index (χ3v) is 3.42. The molecule has 0 saturated carbocycles. The maximum atomic E-state index is 3.45. The van der Waals surface area contributed by atoms with E-state index in [1.807, 2.05) is 18.8 Å². The van der Waals surface area contributed by atoms with E-state index in [0.29, 0.717) is 5.25 Å². The van der Waals surface area contributed by atoms with Gasteiger partial charge in [0, 0.05) is 22.4 Å². The molecule has 0 aliphatic rings. The largest absolute Gasteiger partial charge is 0.385 e. The standard InChI is InChI=1S/C14H24N2S/c1-12(2)17-14-8-6-13(7-9-14)16-11-5-4-10-15-3/h6-9,12,15-16H,4-5,10-11H2,1-3H3. The van der Waals surface area contributed by atoms with Crippen LogP contribution in [0.15, 0.2) is 29.2 Å². The van der Waals surface area contributed by atoms with Crippen LogP contribution in [0.25, 0.3) is 0 Å². The molecule has 0 atom stereocenters. The SMILES string of the molecule is CNCCCCNc1ccc(SC(C)C)cc1. The summed E-state index contributed by atoms with van der Waals surface area (Å²) < 4.78 is 0.